The summed E-state index contributed by atoms with van der Waals surface area (Å²) in [6, 6.07) is 14.8. The average molecular weight is 311 g/mol. The first kappa shape index (κ1) is 16.7. The lowest BCUT2D eigenvalue weighted by Gasteiger charge is -2.26. The molecule has 2 aromatic rings. The fourth-order valence-corrected chi connectivity index (χ4v) is 2.18. The Balaban J connectivity index is 2.09. The first-order chi connectivity index (χ1) is 11.0. The van der Waals surface area contributed by atoms with Crippen LogP contribution in [0.2, 0.25) is 0 Å². The second-order valence-electron chi connectivity index (χ2n) is 5.63. The molecule has 0 saturated carbocycles. The Kier molecular flexibility index (Phi) is 5.46. The van der Waals surface area contributed by atoms with E-state index in [0.717, 1.165) is 11.3 Å². The highest BCUT2D eigenvalue weighted by atomic mass is 16.2. The zero-order valence-corrected chi connectivity index (χ0v) is 13.6. The molecule has 0 bridgehead atoms. The molecule has 1 aromatic carbocycles. The van der Waals surface area contributed by atoms with Gasteiger partial charge in [0.1, 0.15) is 5.82 Å². The highest BCUT2D eigenvalue weighted by Gasteiger charge is 2.24. The van der Waals surface area contributed by atoms with Gasteiger partial charge in [0.2, 0.25) is 0 Å². The quantitative estimate of drug-likeness (QED) is 0.883. The number of anilines is 1. The van der Waals surface area contributed by atoms with Gasteiger partial charge in [0.25, 0.3) is 0 Å². The summed E-state index contributed by atoms with van der Waals surface area (Å²) in [4.78, 5) is 30.4. The Bertz CT molecular complexity index is 684. The van der Waals surface area contributed by atoms with Crippen LogP contribution in [-0.2, 0) is 16.1 Å². The van der Waals surface area contributed by atoms with Crippen molar-refractivity contribution in [3.63, 3.8) is 0 Å². The molecule has 5 heteroatoms. The second kappa shape index (κ2) is 7.54. The first-order valence-electron chi connectivity index (χ1n) is 7.57. The van der Waals surface area contributed by atoms with E-state index in [9.17, 15) is 9.59 Å². The van der Waals surface area contributed by atoms with Gasteiger partial charge in [-0.15, -0.1) is 0 Å². The first-order valence-corrected chi connectivity index (χ1v) is 7.57. The molecule has 0 atom stereocenters. The normalized spacial score (nSPS) is 10.4. The third-order valence-corrected chi connectivity index (χ3v) is 3.40. The maximum atomic E-state index is 12.5. The van der Waals surface area contributed by atoms with Crippen LogP contribution in [0.25, 0.3) is 0 Å². The molecular weight excluding hydrogens is 290 g/mol. The van der Waals surface area contributed by atoms with E-state index in [2.05, 4.69) is 10.3 Å². The molecule has 0 aliphatic rings. The minimum Gasteiger partial charge on any atom is -0.328 e. The van der Waals surface area contributed by atoms with Gasteiger partial charge in [-0.05, 0) is 38.5 Å². The number of amides is 2. The molecule has 1 N–H and O–H groups in total. The summed E-state index contributed by atoms with van der Waals surface area (Å²) in [6.07, 6.45) is 0. The molecule has 1 heterocycles. The van der Waals surface area contributed by atoms with Crippen LogP contribution in [0.4, 0.5) is 5.82 Å². The number of carbonyl (C=O) groups excluding carboxylic acids is 2. The lowest BCUT2D eigenvalue weighted by Crippen LogP contribution is -2.43. The summed E-state index contributed by atoms with van der Waals surface area (Å²) in [5, 5.41) is 2.56. The van der Waals surface area contributed by atoms with Crippen molar-refractivity contribution in [3.8, 4) is 0 Å². The number of carbonyl (C=O) groups is 2. The predicted octanol–water partition coefficient (Wildman–Crippen LogP) is 2.77. The van der Waals surface area contributed by atoms with Gasteiger partial charge >= 0.3 is 11.8 Å². The Morgan fingerprint density at radius 3 is 2.39 bits per heavy atom. The van der Waals surface area contributed by atoms with Crippen LogP contribution in [0.1, 0.15) is 25.1 Å². The van der Waals surface area contributed by atoms with Crippen LogP contribution in [0.5, 0.6) is 0 Å². The zero-order valence-electron chi connectivity index (χ0n) is 13.6. The molecule has 0 spiro atoms. The van der Waals surface area contributed by atoms with Crippen molar-refractivity contribution in [3.05, 3.63) is 59.8 Å². The number of pyridine rings is 1. The number of benzene rings is 1. The van der Waals surface area contributed by atoms with Crippen molar-refractivity contribution in [2.24, 2.45) is 0 Å². The largest absolute Gasteiger partial charge is 0.328 e. The number of hydrogen-bond acceptors (Lipinski definition) is 3. The van der Waals surface area contributed by atoms with Gasteiger partial charge in [0.05, 0.1) is 0 Å². The Morgan fingerprint density at radius 2 is 1.78 bits per heavy atom. The van der Waals surface area contributed by atoms with E-state index < -0.39 is 11.8 Å². The molecule has 0 saturated heterocycles. The maximum absolute atomic E-state index is 12.5. The molecule has 5 nitrogen and oxygen atoms in total. The third kappa shape index (κ3) is 4.64. The predicted molar refractivity (Wildman–Crippen MR) is 89.7 cm³/mol. The van der Waals surface area contributed by atoms with E-state index >= 15 is 0 Å². The summed E-state index contributed by atoms with van der Waals surface area (Å²) in [7, 11) is 0. The highest BCUT2D eigenvalue weighted by molar-refractivity contribution is 6.39. The van der Waals surface area contributed by atoms with E-state index in [1.165, 1.54) is 0 Å². The molecule has 0 aliphatic carbocycles. The van der Waals surface area contributed by atoms with Crippen molar-refractivity contribution >= 4 is 17.6 Å². The van der Waals surface area contributed by atoms with Crippen LogP contribution in [0.15, 0.2) is 48.5 Å². The van der Waals surface area contributed by atoms with E-state index in [1.54, 1.807) is 17.0 Å². The van der Waals surface area contributed by atoms with E-state index in [-0.39, 0.29) is 6.04 Å². The van der Waals surface area contributed by atoms with Gasteiger partial charge in [-0.25, -0.2) is 4.98 Å². The minimum absolute atomic E-state index is 0.0843. The number of rotatable bonds is 4. The molecule has 2 rings (SSSR count). The van der Waals surface area contributed by atoms with Crippen molar-refractivity contribution < 1.29 is 9.59 Å². The molecule has 0 fully saturated rings. The summed E-state index contributed by atoms with van der Waals surface area (Å²) >= 11 is 0. The molecule has 1 aromatic heterocycles. The van der Waals surface area contributed by atoms with Gasteiger partial charge in [-0.2, -0.15) is 0 Å². The van der Waals surface area contributed by atoms with Crippen LogP contribution in [0, 0.1) is 6.92 Å². The van der Waals surface area contributed by atoms with Crippen LogP contribution < -0.4 is 5.32 Å². The Morgan fingerprint density at radius 1 is 1.09 bits per heavy atom. The Hall–Kier alpha value is -2.69. The molecular formula is C18H21N3O2. The third-order valence-electron chi connectivity index (χ3n) is 3.40. The fraction of sp³-hybridized carbons (Fsp3) is 0.278. The van der Waals surface area contributed by atoms with Crippen LogP contribution >= 0.6 is 0 Å². The van der Waals surface area contributed by atoms with E-state index in [0.29, 0.717) is 12.4 Å². The monoisotopic (exact) mass is 311 g/mol. The molecule has 2 amide bonds. The number of aromatic nitrogens is 1. The van der Waals surface area contributed by atoms with Gasteiger partial charge in [0.15, 0.2) is 0 Å². The highest BCUT2D eigenvalue weighted by Crippen LogP contribution is 2.10. The lowest BCUT2D eigenvalue weighted by molar-refractivity contribution is -0.144. The minimum atomic E-state index is -0.673. The summed E-state index contributed by atoms with van der Waals surface area (Å²) < 4.78 is 0. The fourth-order valence-electron chi connectivity index (χ4n) is 2.18. The van der Waals surface area contributed by atoms with Crippen molar-refractivity contribution in [1.82, 2.24) is 9.88 Å². The molecule has 0 radical (unpaired) electrons. The standard InChI is InChI=1S/C18H21N3O2/c1-13(2)21(12-15-9-5-4-6-10-15)18(23)17(22)20-16-11-7-8-14(3)19-16/h4-11,13H,12H2,1-3H3,(H,19,20,22). The van der Waals surface area contributed by atoms with E-state index in [1.807, 2.05) is 57.2 Å². The summed E-state index contributed by atoms with van der Waals surface area (Å²) in [5.41, 5.74) is 1.76. The number of hydrogen-bond donors (Lipinski definition) is 1. The Labute approximate surface area is 136 Å². The number of aryl methyl sites for hydroxylation is 1. The van der Waals surface area contributed by atoms with Crippen molar-refractivity contribution in [2.75, 3.05) is 5.32 Å². The summed E-state index contributed by atoms with van der Waals surface area (Å²) in [6.45, 7) is 6.00. The van der Waals surface area contributed by atoms with E-state index in [4.69, 9.17) is 0 Å². The van der Waals surface area contributed by atoms with Crippen molar-refractivity contribution in [2.45, 2.75) is 33.4 Å². The SMILES string of the molecule is Cc1cccc(NC(=O)C(=O)N(Cc2ccccc2)C(C)C)n1. The maximum Gasteiger partial charge on any atom is 0.315 e. The zero-order chi connectivity index (χ0) is 16.8. The molecule has 23 heavy (non-hydrogen) atoms. The lowest BCUT2D eigenvalue weighted by atomic mass is 10.2. The van der Waals surface area contributed by atoms with Crippen LogP contribution in [-0.4, -0.2) is 27.7 Å². The molecule has 0 unspecified atom stereocenters. The molecule has 120 valence electrons. The van der Waals surface area contributed by atoms with Gasteiger partial charge < -0.3 is 10.2 Å². The van der Waals surface area contributed by atoms with Gasteiger partial charge in [0, 0.05) is 18.3 Å². The van der Waals surface area contributed by atoms with Crippen LogP contribution in [0.3, 0.4) is 0 Å². The second-order valence-corrected chi connectivity index (χ2v) is 5.63. The number of nitrogens with zero attached hydrogens (tertiary/aromatic N) is 2. The summed E-state index contributed by atoms with van der Waals surface area (Å²) in [5.74, 6) is -0.855. The number of nitrogens with one attached hydrogen (secondary N) is 1. The van der Waals surface area contributed by atoms with Gasteiger partial charge in [-0.3, -0.25) is 9.59 Å². The topological polar surface area (TPSA) is 62.3 Å². The molecule has 0 aliphatic heterocycles. The van der Waals surface area contributed by atoms with Crippen molar-refractivity contribution in [1.29, 1.82) is 0 Å². The average Bonchev–Trinajstić information content (AvgIpc) is 2.52. The van der Waals surface area contributed by atoms with Gasteiger partial charge in [-0.1, -0.05) is 36.4 Å². The smallest absolute Gasteiger partial charge is 0.315 e.